The maximum atomic E-state index is 13.5. The molecule has 0 radical (unpaired) electrons. The number of carbonyl (C=O) groups excluding carboxylic acids is 1. The van der Waals surface area contributed by atoms with Crippen molar-refractivity contribution in [3.63, 3.8) is 0 Å². The van der Waals surface area contributed by atoms with Gasteiger partial charge in [-0.05, 0) is 54.7 Å². The van der Waals surface area contributed by atoms with Crippen LogP contribution in [0, 0.1) is 24.2 Å². The molecule has 178 valence electrons. The molecule has 0 bridgehead atoms. The van der Waals surface area contributed by atoms with Crippen LogP contribution in [0.2, 0.25) is 0 Å². The number of amides is 1. The Bertz CT molecular complexity index is 1600. The van der Waals surface area contributed by atoms with E-state index in [0.717, 1.165) is 28.7 Å². The molecule has 0 aliphatic heterocycles. The number of pyridine rings is 1. The highest BCUT2D eigenvalue weighted by molar-refractivity contribution is 7.15. The predicted octanol–water partition coefficient (Wildman–Crippen LogP) is 7.85. The fourth-order valence-electron chi connectivity index (χ4n) is 4.30. The fourth-order valence-corrected chi connectivity index (χ4v) is 5.21. The van der Waals surface area contributed by atoms with E-state index in [-0.39, 0.29) is 5.91 Å². The number of aromatic nitrogens is 1. The van der Waals surface area contributed by atoms with Gasteiger partial charge in [0.05, 0.1) is 16.6 Å². The minimum atomic E-state index is -0.296. The Morgan fingerprint density at radius 2 is 1.89 bits per heavy atom. The van der Waals surface area contributed by atoms with E-state index in [0.29, 0.717) is 39.0 Å². The molecule has 1 N–H and O–H groups in total. The molecule has 0 saturated carbocycles. The van der Waals surface area contributed by atoms with Crippen molar-refractivity contribution in [3.8, 4) is 28.7 Å². The number of thiophene rings is 1. The Morgan fingerprint density at radius 3 is 2.58 bits per heavy atom. The number of carbonyl (C=O) groups is 1. The zero-order valence-electron chi connectivity index (χ0n) is 20.3. The molecule has 0 aliphatic rings. The number of hydrogen-bond acceptors (Lipinski definition) is 5. The van der Waals surface area contributed by atoms with E-state index < -0.39 is 0 Å². The van der Waals surface area contributed by atoms with E-state index >= 15 is 0 Å². The summed E-state index contributed by atoms with van der Waals surface area (Å²) in [6, 6.07) is 23.6. The zero-order chi connectivity index (χ0) is 25.2. The third-order valence-corrected chi connectivity index (χ3v) is 6.89. The van der Waals surface area contributed by atoms with Gasteiger partial charge in [0.2, 0.25) is 0 Å². The van der Waals surface area contributed by atoms with E-state index in [1.54, 1.807) is 6.07 Å². The van der Waals surface area contributed by atoms with Gasteiger partial charge in [0, 0.05) is 16.3 Å². The maximum absolute atomic E-state index is 13.5. The van der Waals surface area contributed by atoms with Crippen LogP contribution in [0.25, 0.3) is 33.5 Å². The predicted molar refractivity (Wildman–Crippen MR) is 145 cm³/mol. The Balaban J connectivity index is 1.49. The van der Waals surface area contributed by atoms with Crippen molar-refractivity contribution >= 4 is 33.1 Å². The van der Waals surface area contributed by atoms with E-state index in [1.807, 2.05) is 60.8 Å². The van der Waals surface area contributed by atoms with Gasteiger partial charge in [0.25, 0.3) is 5.91 Å². The van der Waals surface area contributed by atoms with Crippen LogP contribution in [-0.2, 0) is 6.42 Å². The van der Waals surface area contributed by atoms with Crippen LogP contribution in [0.1, 0.15) is 41.1 Å². The Kier molecular flexibility index (Phi) is 6.41. The van der Waals surface area contributed by atoms with E-state index in [9.17, 15) is 10.1 Å². The number of nitriles is 1. The van der Waals surface area contributed by atoms with Crippen molar-refractivity contribution in [1.29, 1.82) is 5.26 Å². The number of benzene rings is 2. The number of aryl methyl sites for hydroxylation is 1. The minimum Gasteiger partial charge on any atom is -0.460 e. The summed E-state index contributed by atoms with van der Waals surface area (Å²) in [4.78, 5) is 18.2. The summed E-state index contributed by atoms with van der Waals surface area (Å²) in [5.74, 6) is 1.66. The van der Waals surface area contributed by atoms with Crippen LogP contribution in [0.5, 0.6) is 0 Å². The highest BCUT2D eigenvalue weighted by Gasteiger charge is 2.19. The lowest BCUT2D eigenvalue weighted by Crippen LogP contribution is -2.13. The number of anilines is 1. The van der Waals surface area contributed by atoms with Gasteiger partial charge in [-0.15, -0.1) is 11.3 Å². The highest BCUT2D eigenvalue weighted by Crippen LogP contribution is 2.36. The minimum absolute atomic E-state index is 0.296. The van der Waals surface area contributed by atoms with Gasteiger partial charge < -0.3 is 9.73 Å². The molecule has 0 atom stereocenters. The molecule has 6 heteroatoms. The average Bonchev–Trinajstić information content (AvgIpc) is 3.49. The number of para-hydroxylation sites is 1. The maximum Gasteiger partial charge on any atom is 0.257 e. The Labute approximate surface area is 214 Å². The summed E-state index contributed by atoms with van der Waals surface area (Å²) < 4.78 is 5.75. The molecule has 0 unspecified atom stereocenters. The second kappa shape index (κ2) is 9.80. The van der Waals surface area contributed by atoms with E-state index in [2.05, 4.69) is 42.4 Å². The molecule has 2 aromatic carbocycles. The van der Waals surface area contributed by atoms with Crippen molar-refractivity contribution in [3.05, 3.63) is 94.6 Å². The highest BCUT2D eigenvalue weighted by atomic mass is 32.1. The molecule has 0 spiro atoms. The van der Waals surface area contributed by atoms with Crippen molar-refractivity contribution in [2.75, 3.05) is 5.32 Å². The second-order valence-electron chi connectivity index (χ2n) is 9.20. The molecule has 0 aliphatic carbocycles. The number of furan rings is 1. The quantitative estimate of drug-likeness (QED) is 0.262. The van der Waals surface area contributed by atoms with Gasteiger partial charge in [-0.1, -0.05) is 56.3 Å². The van der Waals surface area contributed by atoms with Crippen molar-refractivity contribution in [2.24, 2.45) is 5.92 Å². The Morgan fingerprint density at radius 1 is 1.11 bits per heavy atom. The fraction of sp³-hybridized carbons (Fsp3) is 0.167. The number of fused-ring (bicyclic) bond motifs is 1. The SMILES string of the molecule is Cc1ccc(-c2cc(C(=O)Nc3scc(-c4ccc(CC(C)C)cc4)c3C#N)c3ccccc3n2)o1. The Hall–Kier alpha value is -4.21. The molecule has 0 fully saturated rings. The van der Waals surface area contributed by atoms with Crippen molar-refractivity contribution in [1.82, 2.24) is 4.98 Å². The molecule has 36 heavy (non-hydrogen) atoms. The van der Waals surface area contributed by atoms with Crippen LogP contribution < -0.4 is 5.32 Å². The van der Waals surface area contributed by atoms with Gasteiger partial charge in [0.1, 0.15) is 22.5 Å². The van der Waals surface area contributed by atoms with Gasteiger partial charge in [-0.3, -0.25) is 4.79 Å². The smallest absolute Gasteiger partial charge is 0.257 e. The molecular weight excluding hydrogens is 466 g/mol. The summed E-state index contributed by atoms with van der Waals surface area (Å²) in [5.41, 5.74) is 5.26. The van der Waals surface area contributed by atoms with Gasteiger partial charge in [0.15, 0.2) is 5.76 Å². The van der Waals surface area contributed by atoms with Crippen LogP contribution >= 0.6 is 11.3 Å². The second-order valence-corrected chi connectivity index (χ2v) is 10.1. The molecule has 5 rings (SSSR count). The third-order valence-electron chi connectivity index (χ3n) is 5.99. The monoisotopic (exact) mass is 491 g/mol. The summed E-state index contributed by atoms with van der Waals surface area (Å²) in [6.07, 6.45) is 1.01. The van der Waals surface area contributed by atoms with Crippen molar-refractivity contribution in [2.45, 2.75) is 27.2 Å². The molecule has 3 heterocycles. The third kappa shape index (κ3) is 4.66. The zero-order valence-corrected chi connectivity index (χ0v) is 21.1. The van der Waals surface area contributed by atoms with Crippen LogP contribution in [0.4, 0.5) is 5.00 Å². The van der Waals surface area contributed by atoms with Crippen LogP contribution in [-0.4, -0.2) is 10.9 Å². The van der Waals surface area contributed by atoms with Gasteiger partial charge >= 0.3 is 0 Å². The molecule has 0 saturated heterocycles. The summed E-state index contributed by atoms with van der Waals surface area (Å²) in [7, 11) is 0. The first kappa shape index (κ1) is 23.5. The topological polar surface area (TPSA) is 78.9 Å². The largest absolute Gasteiger partial charge is 0.460 e. The first-order valence-corrected chi connectivity index (χ1v) is 12.7. The lowest BCUT2D eigenvalue weighted by molar-refractivity contribution is 0.102. The number of nitrogens with one attached hydrogen (secondary N) is 1. The number of rotatable bonds is 6. The number of nitrogens with zero attached hydrogens (tertiary/aromatic N) is 2. The molecular formula is C30H25N3O2S. The lowest BCUT2D eigenvalue weighted by Gasteiger charge is -2.09. The van der Waals surface area contributed by atoms with Gasteiger partial charge in [-0.25, -0.2) is 4.98 Å². The van der Waals surface area contributed by atoms with Crippen molar-refractivity contribution < 1.29 is 9.21 Å². The lowest BCUT2D eigenvalue weighted by atomic mass is 9.99. The standard InChI is InChI=1S/C30H25N3O2S/c1-18(2)14-20-9-11-21(12-10-20)25-17-36-30(24(25)16-31)33-29(34)23-15-27(28-13-8-19(3)35-28)32-26-7-5-4-6-22(23)26/h4-13,15,17-18H,14H2,1-3H3,(H,33,34). The van der Waals surface area contributed by atoms with Gasteiger partial charge in [-0.2, -0.15) is 5.26 Å². The first-order chi connectivity index (χ1) is 17.4. The average molecular weight is 492 g/mol. The molecule has 5 nitrogen and oxygen atoms in total. The molecule has 1 amide bonds. The summed E-state index contributed by atoms with van der Waals surface area (Å²) >= 11 is 1.35. The van der Waals surface area contributed by atoms with Crippen LogP contribution in [0.3, 0.4) is 0 Å². The summed E-state index contributed by atoms with van der Waals surface area (Å²) in [5, 5.41) is 16.1. The molecule has 3 aromatic heterocycles. The summed E-state index contributed by atoms with van der Waals surface area (Å²) in [6.45, 7) is 6.26. The number of hydrogen-bond donors (Lipinski definition) is 1. The first-order valence-electron chi connectivity index (χ1n) is 11.8. The molecule has 5 aromatic rings. The van der Waals surface area contributed by atoms with E-state index in [4.69, 9.17) is 4.42 Å². The normalized spacial score (nSPS) is 11.1. The van der Waals surface area contributed by atoms with Crippen LogP contribution in [0.15, 0.2) is 76.5 Å². The van der Waals surface area contributed by atoms with E-state index in [1.165, 1.54) is 16.9 Å².